The zero-order chi connectivity index (χ0) is 13.6. The quantitative estimate of drug-likeness (QED) is 0.846. The number of fused-ring (bicyclic) bond motifs is 1. The van der Waals surface area contributed by atoms with Crippen molar-refractivity contribution >= 4 is 18.5 Å². The summed E-state index contributed by atoms with van der Waals surface area (Å²) in [6.07, 6.45) is -3.27. The summed E-state index contributed by atoms with van der Waals surface area (Å²) in [6, 6.07) is 4.65. The Morgan fingerprint density at radius 2 is 2.21 bits per heavy atom. The highest BCUT2D eigenvalue weighted by Crippen LogP contribution is 2.43. The van der Waals surface area contributed by atoms with Crippen LogP contribution in [0.2, 0.25) is 0 Å². The first-order valence-electron chi connectivity index (χ1n) is 5.78. The van der Waals surface area contributed by atoms with Gasteiger partial charge in [0.2, 0.25) is 5.91 Å². The van der Waals surface area contributed by atoms with Gasteiger partial charge in [-0.2, -0.15) is 12.6 Å². The van der Waals surface area contributed by atoms with Crippen LogP contribution in [0.3, 0.4) is 0 Å². The SMILES string of the molecule is O=C1CC(S)CN1Cc1cccc2c1OC(F)(F)O2. The van der Waals surface area contributed by atoms with E-state index in [0.29, 0.717) is 18.5 Å². The number of amides is 1. The maximum absolute atomic E-state index is 13.0. The number of benzene rings is 1. The minimum Gasteiger partial charge on any atom is -0.395 e. The second kappa shape index (κ2) is 4.26. The van der Waals surface area contributed by atoms with Gasteiger partial charge < -0.3 is 14.4 Å². The van der Waals surface area contributed by atoms with Crippen LogP contribution in [0.25, 0.3) is 0 Å². The van der Waals surface area contributed by atoms with Gasteiger partial charge in [0.1, 0.15) is 0 Å². The molecule has 0 saturated carbocycles. The molecule has 2 heterocycles. The van der Waals surface area contributed by atoms with Gasteiger partial charge in [-0.3, -0.25) is 4.79 Å². The zero-order valence-corrected chi connectivity index (χ0v) is 10.7. The number of hydrogen-bond acceptors (Lipinski definition) is 4. The smallest absolute Gasteiger partial charge is 0.395 e. The molecule has 1 saturated heterocycles. The number of nitrogens with zero attached hydrogens (tertiary/aromatic N) is 1. The first kappa shape index (κ1) is 12.5. The summed E-state index contributed by atoms with van der Waals surface area (Å²) < 4.78 is 34.9. The maximum atomic E-state index is 13.0. The molecular formula is C12H11F2NO3S. The fourth-order valence-electron chi connectivity index (χ4n) is 2.26. The summed E-state index contributed by atoms with van der Waals surface area (Å²) in [5.74, 6) is -0.0391. The molecule has 2 aliphatic rings. The fourth-order valence-corrected chi connectivity index (χ4v) is 2.61. The van der Waals surface area contributed by atoms with Gasteiger partial charge in [0.15, 0.2) is 11.5 Å². The van der Waals surface area contributed by atoms with Crippen LogP contribution in [-0.4, -0.2) is 28.9 Å². The predicted molar refractivity (Wildman–Crippen MR) is 65.5 cm³/mol. The monoisotopic (exact) mass is 287 g/mol. The summed E-state index contributed by atoms with van der Waals surface area (Å²) in [5, 5.41) is -0.0112. The minimum absolute atomic E-state index is 0.00270. The Labute approximate surface area is 113 Å². The zero-order valence-electron chi connectivity index (χ0n) is 9.81. The van der Waals surface area contributed by atoms with Gasteiger partial charge in [0.05, 0.1) is 0 Å². The van der Waals surface area contributed by atoms with Gasteiger partial charge in [-0.05, 0) is 6.07 Å². The molecule has 0 aliphatic carbocycles. The van der Waals surface area contributed by atoms with Crippen LogP contribution in [-0.2, 0) is 11.3 Å². The molecule has 1 amide bonds. The lowest BCUT2D eigenvalue weighted by atomic mass is 10.2. The third-order valence-electron chi connectivity index (χ3n) is 3.07. The maximum Gasteiger partial charge on any atom is 0.586 e. The average molecular weight is 287 g/mol. The molecule has 7 heteroatoms. The van der Waals surface area contributed by atoms with E-state index in [1.165, 1.54) is 6.07 Å². The molecule has 0 aromatic heterocycles. The van der Waals surface area contributed by atoms with Gasteiger partial charge in [-0.1, -0.05) is 12.1 Å². The Bertz CT molecular complexity index is 538. The number of alkyl halides is 2. The van der Waals surface area contributed by atoms with E-state index in [9.17, 15) is 13.6 Å². The van der Waals surface area contributed by atoms with Crippen molar-refractivity contribution in [3.05, 3.63) is 23.8 Å². The van der Waals surface area contributed by atoms with Crippen molar-refractivity contribution in [2.75, 3.05) is 6.54 Å². The lowest BCUT2D eigenvalue weighted by Crippen LogP contribution is -2.27. The van der Waals surface area contributed by atoms with Crippen LogP contribution >= 0.6 is 12.6 Å². The second-order valence-corrected chi connectivity index (χ2v) is 5.27. The van der Waals surface area contributed by atoms with Gasteiger partial charge in [0.25, 0.3) is 0 Å². The minimum atomic E-state index is -3.64. The van der Waals surface area contributed by atoms with Crippen molar-refractivity contribution in [1.29, 1.82) is 0 Å². The number of ether oxygens (including phenoxy) is 2. The highest BCUT2D eigenvalue weighted by Gasteiger charge is 2.44. The number of rotatable bonds is 2. The van der Waals surface area contributed by atoms with E-state index in [1.807, 2.05) is 0 Å². The summed E-state index contributed by atoms with van der Waals surface area (Å²) in [5.41, 5.74) is 0.505. The second-order valence-electron chi connectivity index (χ2n) is 4.54. The molecule has 4 nitrogen and oxygen atoms in total. The van der Waals surface area contributed by atoms with Crippen LogP contribution in [0.5, 0.6) is 11.5 Å². The van der Waals surface area contributed by atoms with E-state index in [2.05, 4.69) is 22.1 Å². The normalized spacial score (nSPS) is 24.1. The Kier molecular flexibility index (Phi) is 2.81. The van der Waals surface area contributed by atoms with E-state index in [1.54, 1.807) is 17.0 Å². The number of halogens is 2. The summed E-state index contributed by atoms with van der Waals surface area (Å²) in [6.45, 7) is 0.724. The first-order chi connectivity index (χ1) is 8.94. The first-order valence-corrected chi connectivity index (χ1v) is 6.30. The molecule has 3 rings (SSSR count). The Morgan fingerprint density at radius 3 is 2.89 bits per heavy atom. The van der Waals surface area contributed by atoms with E-state index < -0.39 is 6.29 Å². The molecule has 102 valence electrons. The highest BCUT2D eigenvalue weighted by molar-refractivity contribution is 7.81. The number of carbonyl (C=O) groups excluding carboxylic acids is 1. The average Bonchev–Trinajstić information content (AvgIpc) is 2.78. The lowest BCUT2D eigenvalue weighted by Gasteiger charge is -2.17. The molecule has 0 N–H and O–H groups in total. The largest absolute Gasteiger partial charge is 0.586 e. The van der Waals surface area contributed by atoms with Gasteiger partial charge in [-0.15, -0.1) is 8.78 Å². The summed E-state index contributed by atoms with van der Waals surface area (Å²) >= 11 is 4.25. The number of para-hydroxylation sites is 1. The molecule has 0 bridgehead atoms. The summed E-state index contributed by atoms with van der Waals surface area (Å²) in [7, 11) is 0. The van der Waals surface area contributed by atoms with Crippen LogP contribution in [0.15, 0.2) is 18.2 Å². The lowest BCUT2D eigenvalue weighted by molar-refractivity contribution is -0.287. The van der Waals surface area contributed by atoms with E-state index >= 15 is 0 Å². The standard InChI is InChI=1S/C12H11F2NO3S/c13-12(14)17-9-3-1-2-7(11(9)18-12)5-15-6-8(19)4-10(15)16/h1-3,8,19H,4-6H2. The number of likely N-dealkylation sites (tertiary alicyclic amines) is 1. The molecule has 0 spiro atoms. The molecular weight excluding hydrogens is 276 g/mol. The molecule has 1 aromatic rings. The van der Waals surface area contributed by atoms with Crippen molar-refractivity contribution < 1.29 is 23.0 Å². The fraction of sp³-hybridized carbons (Fsp3) is 0.417. The van der Waals surface area contributed by atoms with Crippen LogP contribution in [0.4, 0.5) is 8.78 Å². The topological polar surface area (TPSA) is 38.8 Å². The summed E-state index contributed by atoms with van der Waals surface area (Å²) in [4.78, 5) is 13.2. The van der Waals surface area contributed by atoms with Gasteiger partial charge >= 0.3 is 6.29 Å². The molecule has 1 unspecified atom stereocenters. The molecule has 0 radical (unpaired) electrons. The van der Waals surface area contributed by atoms with Crippen LogP contribution < -0.4 is 9.47 Å². The Morgan fingerprint density at radius 1 is 1.42 bits per heavy atom. The molecule has 19 heavy (non-hydrogen) atoms. The number of thiol groups is 1. The Balaban J connectivity index is 1.84. The molecule has 2 aliphatic heterocycles. The van der Waals surface area contributed by atoms with Crippen molar-refractivity contribution in [3.8, 4) is 11.5 Å². The van der Waals surface area contributed by atoms with Crippen LogP contribution in [0.1, 0.15) is 12.0 Å². The van der Waals surface area contributed by atoms with Gasteiger partial charge in [0, 0.05) is 30.3 Å². The van der Waals surface area contributed by atoms with Crippen LogP contribution in [0, 0.1) is 0 Å². The molecule has 1 atom stereocenters. The third-order valence-corrected chi connectivity index (χ3v) is 3.41. The van der Waals surface area contributed by atoms with Crippen molar-refractivity contribution in [2.24, 2.45) is 0 Å². The third kappa shape index (κ3) is 2.34. The van der Waals surface area contributed by atoms with Crippen molar-refractivity contribution in [3.63, 3.8) is 0 Å². The number of carbonyl (C=O) groups is 1. The van der Waals surface area contributed by atoms with E-state index in [4.69, 9.17) is 0 Å². The predicted octanol–water partition coefficient (Wildman–Crippen LogP) is 2.04. The van der Waals surface area contributed by atoms with Crippen molar-refractivity contribution in [2.45, 2.75) is 24.5 Å². The molecule has 1 fully saturated rings. The Hall–Kier alpha value is -1.50. The molecule has 1 aromatic carbocycles. The van der Waals surface area contributed by atoms with Gasteiger partial charge in [-0.25, -0.2) is 0 Å². The number of hydrogen-bond donors (Lipinski definition) is 1. The van der Waals surface area contributed by atoms with E-state index in [0.717, 1.165) is 0 Å². The highest BCUT2D eigenvalue weighted by atomic mass is 32.1. The van der Waals surface area contributed by atoms with Crippen molar-refractivity contribution in [1.82, 2.24) is 4.90 Å². The van der Waals surface area contributed by atoms with E-state index in [-0.39, 0.29) is 29.2 Å².